The van der Waals surface area contributed by atoms with Crippen molar-refractivity contribution in [3.63, 3.8) is 0 Å². The Morgan fingerprint density at radius 3 is 2.06 bits per heavy atom. The summed E-state index contributed by atoms with van der Waals surface area (Å²) in [5.41, 5.74) is 0.667. The average Bonchev–Trinajstić information content (AvgIpc) is 3.14. The zero-order valence-corrected chi connectivity index (χ0v) is 26.0. The molecule has 0 bridgehead atoms. The molecule has 2 unspecified atom stereocenters. The van der Waals surface area contributed by atoms with Crippen molar-refractivity contribution < 1.29 is 27.9 Å². The third-order valence-electron chi connectivity index (χ3n) is 7.88. The molecule has 2 atom stereocenters. The molecule has 1 rings (SSSR count). The molecule has 204 valence electrons. The third kappa shape index (κ3) is 10.5. The molecule has 0 spiro atoms. The van der Waals surface area contributed by atoms with Crippen molar-refractivity contribution in [2.45, 2.75) is 142 Å². The first-order valence-corrected chi connectivity index (χ1v) is 19.2. The van der Waals surface area contributed by atoms with E-state index in [2.05, 4.69) is 54.6 Å². The van der Waals surface area contributed by atoms with Gasteiger partial charge in [-0.15, -0.1) is 0 Å². The van der Waals surface area contributed by atoms with E-state index in [1.54, 1.807) is 0 Å². The van der Waals surface area contributed by atoms with E-state index < -0.39 is 35.0 Å². The highest BCUT2D eigenvalue weighted by Crippen LogP contribution is 2.36. The van der Waals surface area contributed by atoms with Crippen LogP contribution in [-0.4, -0.2) is 47.6 Å². The average molecular weight is 529 g/mol. The van der Waals surface area contributed by atoms with Crippen LogP contribution in [0.1, 0.15) is 93.4 Å². The van der Waals surface area contributed by atoms with Gasteiger partial charge in [0, 0.05) is 25.2 Å². The Balaban J connectivity index is 2.51. The molecule has 0 aliphatic carbocycles. The number of hydrogen-bond acceptors (Lipinski definition) is 6. The fraction of sp³-hybridized carbons (Fsp3) is 0.852. The van der Waals surface area contributed by atoms with Crippen molar-refractivity contribution in [1.82, 2.24) is 0 Å². The summed E-state index contributed by atoms with van der Waals surface area (Å²) in [4.78, 5) is 23.9. The normalized spacial score (nSPS) is 17.8. The Labute approximate surface area is 216 Å². The van der Waals surface area contributed by atoms with Crippen LogP contribution in [0.3, 0.4) is 0 Å². The molecule has 0 aromatic carbocycles. The lowest BCUT2D eigenvalue weighted by molar-refractivity contribution is -0.152. The molecule has 0 aromatic heterocycles. The Bertz CT molecular complexity index is 686. The molecule has 6 nitrogen and oxygen atoms in total. The van der Waals surface area contributed by atoms with Gasteiger partial charge in [0.05, 0.1) is 0 Å². The van der Waals surface area contributed by atoms with Gasteiger partial charge >= 0.3 is 11.9 Å². The maximum atomic E-state index is 12.1. The van der Waals surface area contributed by atoms with Crippen LogP contribution in [0.25, 0.3) is 0 Å². The molecule has 0 N–H and O–H groups in total. The molecule has 0 saturated heterocycles. The summed E-state index contributed by atoms with van der Waals surface area (Å²) < 4.78 is 23.8. The van der Waals surface area contributed by atoms with Crippen molar-refractivity contribution in [3.05, 3.63) is 11.6 Å². The van der Waals surface area contributed by atoms with E-state index in [0.29, 0.717) is 12.0 Å². The van der Waals surface area contributed by atoms with Gasteiger partial charge in [0.25, 0.3) is 0 Å². The van der Waals surface area contributed by atoms with E-state index in [-0.39, 0.29) is 11.0 Å². The number of cyclic esters (lactones) is 1. The van der Waals surface area contributed by atoms with Gasteiger partial charge < -0.3 is 18.3 Å². The van der Waals surface area contributed by atoms with Crippen molar-refractivity contribution in [2.75, 3.05) is 6.61 Å². The minimum Gasteiger partial charge on any atom is -0.458 e. The third-order valence-corrected chi connectivity index (χ3v) is 17.0. The molecular weight excluding hydrogens is 476 g/mol. The van der Waals surface area contributed by atoms with Crippen molar-refractivity contribution in [3.8, 4) is 0 Å². The molecule has 1 aliphatic rings. The van der Waals surface area contributed by atoms with Gasteiger partial charge in [0.2, 0.25) is 6.29 Å². The highest BCUT2D eigenvalue weighted by atomic mass is 28.4. The second kappa shape index (κ2) is 14.7. The number of carbonyl (C=O) groups is 2. The van der Waals surface area contributed by atoms with Gasteiger partial charge in [-0.05, 0) is 55.5 Å². The molecule has 8 heteroatoms. The second-order valence-electron chi connectivity index (χ2n) is 11.4. The van der Waals surface area contributed by atoms with Gasteiger partial charge in [-0.3, -0.25) is 4.79 Å². The molecular formula is C27H52O6Si2. The summed E-state index contributed by atoms with van der Waals surface area (Å²) >= 11 is 0. The SMILES string of the molecule is CC[Si](CC)(CC)OC1OC(=O)C=C1C(CCCCCCCCO[Si](C)(C)C(C)(C)C)OC(C)=O. The number of ether oxygens (including phenoxy) is 2. The standard InChI is InChI=1S/C27H52O6Si2/c1-10-35(11-2,12-3)33-26-23(21-25(29)32-26)24(31-22(4)28)19-17-15-13-14-16-18-20-30-34(8,9)27(5,6)7/h21,24,26H,10-20H2,1-9H3. The number of carbonyl (C=O) groups excluding carboxylic acids is 2. The van der Waals surface area contributed by atoms with Crippen LogP contribution in [0.5, 0.6) is 0 Å². The highest BCUT2D eigenvalue weighted by Gasteiger charge is 2.40. The van der Waals surface area contributed by atoms with Gasteiger partial charge in [-0.2, -0.15) is 0 Å². The molecule has 1 heterocycles. The van der Waals surface area contributed by atoms with E-state index in [0.717, 1.165) is 50.4 Å². The fourth-order valence-corrected chi connectivity index (χ4v) is 7.88. The van der Waals surface area contributed by atoms with Crippen molar-refractivity contribution >= 4 is 28.6 Å². The highest BCUT2D eigenvalue weighted by molar-refractivity contribution is 6.74. The van der Waals surface area contributed by atoms with E-state index in [9.17, 15) is 9.59 Å². The number of unbranched alkanes of at least 4 members (excludes halogenated alkanes) is 5. The smallest absolute Gasteiger partial charge is 0.333 e. The zero-order valence-electron chi connectivity index (χ0n) is 24.0. The predicted molar refractivity (Wildman–Crippen MR) is 147 cm³/mol. The van der Waals surface area contributed by atoms with Gasteiger partial charge in [-0.25, -0.2) is 4.79 Å². The quantitative estimate of drug-likeness (QED) is 0.111. The lowest BCUT2D eigenvalue weighted by Crippen LogP contribution is -2.42. The summed E-state index contributed by atoms with van der Waals surface area (Å²) in [6, 6.07) is 2.88. The molecule has 0 radical (unpaired) electrons. The monoisotopic (exact) mass is 528 g/mol. The minimum atomic E-state index is -1.99. The van der Waals surface area contributed by atoms with Crippen molar-refractivity contribution in [2.24, 2.45) is 0 Å². The predicted octanol–water partition coefficient (Wildman–Crippen LogP) is 7.50. The molecule has 35 heavy (non-hydrogen) atoms. The fourth-order valence-electron chi connectivity index (χ4n) is 4.15. The van der Waals surface area contributed by atoms with Crippen LogP contribution < -0.4 is 0 Å². The molecule has 0 saturated carbocycles. The van der Waals surface area contributed by atoms with Crippen LogP contribution in [-0.2, 0) is 27.9 Å². The Morgan fingerprint density at radius 2 is 1.54 bits per heavy atom. The molecule has 1 aliphatic heterocycles. The first-order valence-electron chi connectivity index (χ1n) is 13.7. The van der Waals surface area contributed by atoms with E-state index in [1.807, 2.05) is 0 Å². The van der Waals surface area contributed by atoms with Gasteiger partial charge in [0.15, 0.2) is 16.6 Å². The molecule has 0 amide bonds. The minimum absolute atomic E-state index is 0.257. The Hall–Kier alpha value is -0.966. The van der Waals surface area contributed by atoms with Crippen LogP contribution in [0.2, 0.25) is 36.3 Å². The van der Waals surface area contributed by atoms with Crippen LogP contribution in [0.15, 0.2) is 11.6 Å². The Kier molecular flexibility index (Phi) is 13.5. The maximum Gasteiger partial charge on any atom is 0.333 e. The number of esters is 2. The van der Waals surface area contributed by atoms with Gasteiger partial charge in [0.1, 0.15) is 6.10 Å². The number of rotatable bonds is 17. The zero-order chi connectivity index (χ0) is 26.7. The van der Waals surface area contributed by atoms with E-state index >= 15 is 0 Å². The molecule has 0 fully saturated rings. The maximum absolute atomic E-state index is 12.1. The largest absolute Gasteiger partial charge is 0.458 e. The van der Waals surface area contributed by atoms with Crippen LogP contribution in [0.4, 0.5) is 0 Å². The van der Waals surface area contributed by atoms with Crippen LogP contribution >= 0.6 is 0 Å². The van der Waals surface area contributed by atoms with E-state index in [4.69, 9.17) is 18.3 Å². The lowest BCUT2D eigenvalue weighted by Gasteiger charge is -2.36. The first-order chi connectivity index (χ1) is 16.3. The topological polar surface area (TPSA) is 71.1 Å². The van der Waals surface area contributed by atoms with Crippen molar-refractivity contribution in [1.29, 1.82) is 0 Å². The summed E-state index contributed by atoms with van der Waals surface area (Å²) in [6.45, 7) is 20.1. The van der Waals surface area contributed by atoms with Gasteiger partial charge in [-0.1, -0.05) is 67.2 Å². The Morgan fingerprint density at radius 1 is 1.00 bits per heavy atom. The summed E-state index contributed by atoms with van der Waals surface area (Å²) in [5, 5.41) is 0.257. The molecule has 0 aromatic rings. The lowest BCUT2D eigenvalue weighted by atomic mass is 10.0. The summed E-state index contributed by atoms with van der Waals surface area (Å²) in [6.07, 6.45) is 7.52. The van der Waals surface area contributed by atoms with E-state index in [1.165, 1.54) is 25.8 Å². The summed E-state index contributed by atoms with van der Waals surface area (Å²) in [5.74, 6) is -0.756. The second-order valence-corrected chi connectivity index (χ2v) is 20.9. The first kappa shape index (κ1) is 32.1. The summed E-state index contributed by atoms with van der Waals surface area (Å²) in [7, 11) is -3.64. The number of hydrogen-bond donors (Lipinski definition) is 0. The van der Waals surface area contributed by atoms with Crippen LogP contribution in [0, 0.1) is 0 Å².